The number of ether oxygens (including phenoxy) is 3. The van der Waals surface area contributed by atoms with Crippen LogP contribution >= 0.6 is 0 Å². The highest BCUT2D eigenvalue weighted by Gasteiger charge is 2.47. The summed E-state index contributed by atoms with van der Waals surface area (Å²) in [6, 6.07) is 6.30. The zero-order chi connectivity index (χ0) is 28.2. The van der Waals surface area contributed by atoms with E-state index < -0.39 is 8.32 Å². The number of allylic oxidation sites excluding steroid dienone is 1. The number of fused-ring (bicyclic) bond motifs is 2. The van der Waals surface area contributed by atoms with Crippen LogP contribution in [-0.2, 0) is 25.1 Å². The average molecular weight is 557 g/mol. The maximum absolute atomic E-state index is 13.6. The number of methoxy groups -OCH3 is 1. The molecule has 1 saturated heterocycles. The van der Waals surface area contributed by atoms with Crippen molar-refractivity contribution in [3.63, 3.8) is 0 Å². The summed E-state index contributed by atoms with van der Waals surface area (Å²) in [4.78, 5) is 13.6. The molecular formula is C33H52O5Si. The lowest BCUT2D eigenvalue weighted by molar-refractivity contribution is -0.190. The van der Waals surface area contributed by atoms with Crippen LogP contribution in [0.5, 0.6) is 5.75 Å². The number of ketones is 1. The third kappa shape index (κ3) is 7.06. The smallest absolute Gasteiger partial charge is 0.193 e. The van der Waals surface area contributed by atoms with E-state index in [1.165, 1.54) is 29.5 Å². The van der Waals surface area contributed by atoms with Gasteiger partial charge in [0, 0.05) is 18.6 Å². The van der Waals surface area contributed by atoms with E-state index in [-0.39, 0.29) is 29.5 Å². The second kappa shape index (κ2) is 13.0. The monoisotopic (exact) mass is 556 g/mol. The number of benzene rings is 1. The highest BCUT2D eigenvalue weighted by Crippen LogP contribution is 2.52. The number of carbonyl (C=O) groups excluding carboxylic acids is 1. The van der Waals surface area contributed by atoms with Gasteiger partial charge in [0.1, 0.15) is 5.75 Å². The predicted octanol–water partition coefficient (Wildman–Crippen LogP) is 8.47. The molecule has 0 amide bonds. The molecule has 0 saturated carbocycles. The lowest BCUT2D eigenvalue weighted by atomic mass is 9.78. The van der Waals surface area contributed by atoms with E-state index in [4.69, 9.17) is 18.6 Å². The van der Waals surface area contributed by atoms with E-state index in [0.29, 0.717) is 12.2 Å². The summed E-state index contributed by atoms with van der Waals surface area (Å²) in [7, 11) is -0.383. The van der Waals surface area contributed by atoms with Gasteiger partial charge in [-0.3, -0.25) is 4.79 Å². The average Bonchev–Trinajstić information content (AvgIpc) is 3.21. The fourth-order valence-electron chi connectivity index (χ4n) is 6.19. The van der Waals surface area contributed by atoms with E-state index in [1.54, 1.807) is 7.11 Å². The summed E-state index contributed by atoms with van der Waals surface area (Å²) in [5.41, 5.74) is 4.64. The van der Waals surface area contributed by atoms with Gasteiger partial charge in [0.05, 0.1) is 19.3 Å². The highest BCUT2D eigenvalue weighted by molar-refractivity contribution is 6.74. The molecule has 4 rings (SSSR count). The SMILES string of the molecule is CCCCC[C@@H](CCC1=C2[C@@H](CC1=O)Cc1c(OC)cccc1[C@H]2O[Si](C)(C)C(C)(C)C)OC1CCCCO1. The van der Waals surface area contributed by atoms with Crippen LogP contribution in [-0.4, -0.2) is 40.2 Å². The van der Waals surface area contributed by atoms with Crippen molar-refractivity contribution in [2.75, 3.05) is 13.7 Å². The highest BCUT2D eigenvalue weighted by atomic mass is 28.4. The standard InChI is InChI=1S/C33H52O5Si/c1-8-9-10-14-24(37-30-17-11-12-20-36-30)18-19-26-28(34)22-23-21-27-25(15-13-16-29(27)35-5)32(31(23)26)38-39(6,7)33(2,3)4/h13,15-16,23-24,30,32H,8-12,14,17-22H2,1-7H3/t23-,24+,30?,32-/m1/s1. The molecule has 0 spiro atoms. The molecule has 1 fully saturated rings. The van der Waals surface area contributed by atoms with Gasteiger partial charge in [-0.2, -0.15) is 0 Å². The van der Waals surface area contributed by atoms with Crippen LogP contribution in [0.25, 0.3) is 0 Å². The maximum Gasteiger partial charge on any atom is 0.193 e. The molecule has 1 aliphatic heterocycles. The molecule has 3 aliphatic rings. The second-order valence-electron chi connectivity index (χ2n) is 13.3. The van der Waals surface area contributed by atoms with Crippen LogP contribution < -0.4 is 4.74 Å². The Balaban J connectivity index is 1.64. The van der Waals surface area contributed by atoms with Gasteiger partial charge in [0.2, 0.25) is 0 Å². The quantitative estimate of drug-likeness (QED) is 0.191. The number of carbonyl (C=O) groups is 1. The normalized spacial score (nSPS) is 24.5. The minimum Gasteiger partial charge on any atom is -0.496 e. The van der Waals surface area contributed by atoms with Crippen LogP contribution in [0.1, 0.15) is 109 Å². The molecular weight excluding hydrogens is 504 g/mol. The molecule has 6 heteroatoms. The molecule has 39 heavy (non-hydrogen) atoms. The van der Waals surface area contributed by atoms with Crippen molar-refractivity contribution in [2.24, 2.45) is 5.92 Å². The van der Waals surface area contributed by atoms with Crippen LogP contribution in [0.15, 0.2) is 29.3 Å². The Morgan fingerprint density at radius 2 is 1.90 bits per heavy atom. The van der Waals surface area contributed by atoms with Gasteiger partial charge < -0.3 is 18.6 Å². The molecule has 1 aromatic rings. The van der Waals surface area contributed by atoms with Crippen LogP contribution in [0, 0.1) is 5.92 Å². The molecule has 0 radical (unpaired) electrons. The minimum atomic E-state index is -2.12. The zero-order valence-electron chi connectivity index (χ0n) is 25.6. The van der Waals surface area contributed by atoms with E-state index >= 15 is 0 Å². The second-order valence-corrected chi connectivity index (χ2v) is 18.1. The topological polar surface area (TPSA) is 54.0 Å². The third-order valence-corrected chi connectivity index (χ3v) is 13.9. The minimum absolute atomic E-state index is 0.0700. The number of rotatable bonds is 12. The molecule has 2 aliphatic carbocycles. The van der Waals surface area contributed by atoms with Crippen molar-refractivity contribution >= 4 is 14.1 Å². The van der Waals surface area contributed by atoms with Crippen LogP contribution in [0.2, 0.25) is 18.1 Å². The van der Waals surface area contributed by atoms with Gasteiger partial charge in [-0.05, 0) is 91.8 Å². The predicted molar refractivity (Wildman–Crippen MR) is 160 cm³/mol. The van der Waals surface area contributed by atoms with E-state index in [2.05, 4.69) is 52.9 Å². The summed E-state index contributed by atoms with van der Waals surface area (Å²) in [5, 5.41) is 0.0700. The van der Waals surface area contributed by atoms with E-state index in [1.807, 2.05) is 6.07 Å². The molecule has 1 heterocycles. The van der Waals surface area contributed by atoms with Gasteiger partial charge in [-0.1, -0.05) is 59.1 Å². The van der Waals surface area contributed by atoms with E-state index in [0.717, 1.165) is 69.3 Å². The largest absolute Gasteiger partial charge is 0.496 e. The Kier molecular flexibility index (Phi) is 10.2. The van der Waals surface area contributed by atoms with E-state index in [9.17, 15) is 4.79 Å². The van der Waals surface area contributed by atoms with Gasteiger partial charge in [-0.15, -0.1) is 0 Å². The summed E-state index contributed by atoms with van der Waals surface area (Å²) in [6.07, 6.45) is 10.7. The lowest BCUT2D eigenvalue weighted by Gasteiger charge is -2.43. The van der Waals surface area contributed by atoms with Crippen molar-refractivity contribution in [1.82, 2.24) is 0 Å². The van der Waals surface area contributed by atoms with Gasteiger partial charge >= 0.3 is 0 Å². The van der Waals surface area contributed by atoms with Crippen molar-refractivity contribution in [1.29, 1.82) is 0 Å². The molecule has 5 nitrogen and oxygen atoms in total. The lowest BCUT2D eigenvalue weighted by Crippen LogP contribution is -2.43. The summed E-state index contributed by atoms with van der Waals surface area (Å²) in [5.74, 6) is 1.40. The summed E-state index contributed by atoms with van der Waals surface area (Å²) in [6.45, 7) is 14.5. The number of hydrogen-bond acceptors (Lipinski definition) is 5. The van der Waals surface area contributed by atoms with Crippen LogP contribution in [0.4, 0.5) is 0 Å². The maximum atomic E-state index is 13.6. The number of Topliss-reactive ketones (excluding diaryl/α,β-unsaturated/α-hetero) is 1. The van der Waals surface area contributed by atoms with Gasteiger partial charge in [-0.25, -0.2) is 0 Å². The van der Waals surface area contributed by atoms with Gasteiger partial charge in [0.25, 0.3) is 0 Å². The fraction of sp³-hybridized carbons (Fsp3) is 0.727. The Hall–Kier alpha value is -1.47. The Labute approximate surface area is 238 Å². The molecule has 0 bridgehead atoms. The van der Waals surface area contributed by atoms with Crippen molar-refractivity contribution < 1.29 is 23.4 Å². The third-order valence-electron chi connectivity index (χ3n) is 9.51. The Morgan fingerprint density at radius 3 is 2.56 bits per heavy atom. The molecule has 1 unspecified atom stereocenters. The first kappa shape index (κ1) is 30.5. The van der Waals surface area contributed by atoms with Crippen LogP contribution in [0.3, 0.4) is 0 Å². The van der Waals surface area contributed by atoms with Crippen molar-refractivity contribution in [3.05, 3.63) is 40.5 Å². The molecule has 0 N–H and O–H groups in total. The first-order chi connectivity index (χ1) is 18.6. The molecule has 4 atom stereocenters. The molecule has 1 aromatic carbocycles. The Bertz CT molecular complexity index is 1020. The first-order valence-corrected chi connectivity index (χ1v) is 18.3. The van der Waals surface area contributed by atoms with Crippen molar-refractivity contribution in [3.8, 4) is 5.75 Å². The zero-order valence-corrected chi connectivity index (χ0v) is 26.6. The first-order valence-electron chi connectivity index (χ1n) is 15.4. The van der Waals surface area contributed by atoms with Crippen molar-refractivity contribution in [2.45, 2.75) is 135 Å². The fourth-order valence-corrected chi connectivity index (χ4v) is 7.39. The summed E-state index contributed by atoms with van der Waals surface area (Å²) < 4.78 is 25.4. The number of hydrogen-bond donors (Lipinski definition) is 0. The molecule has 218 valence electrons. The number of unbranched alkanes of at least 4 members (excludes halogenated alkanes) is 2. The van der Waals surface area contributed by atoms with Gasteiger partial charge in [0.15, 0.2) is 20.4 Å². The Morgan fingerprint density at radius 1 is 1.10 bits per heavy atom. The summed E-state index contributed by atoms with van der Waals surface area (Å²) >= 11 is 0. The molecule has 0 aromatic heterocycles.